The van der Waals surface area contributed by atoms with Gasteiger partial charge in [0.05, 0.1) is 18.8 Å². The Morgan fingerprint density at radius 3 is 1.09 bits per heavy atom. The van der Waals surface area contributed by atoms with Crippen molar-refractivity contribution >= 4 is 5.91 Å². The third kappa shape index (κ3) is 50.6. The predicted octanol–water partition coefficient (Wildman–Crippen LogP) is 18.4. The predicted molar refractivity (Wildman–Crippen MR) is 285 cm³/mol. The maximum atomic E-state index is 12.5. The number of amides is 1. The van der Waals surface area contributed by atoms with Crippen molar-refractivity contribution in [2.75, 3.05) is 6.61 Å². The minimum Gasteiger partial charge on any atom is -0.394 e. The molecule has 4 heteroatoms. The number of aliphatic hydroxyl groups is 2. The van der Waals surface area contributed by atoms with Gasteiger partial charge in [-0.15, -0.1) is 0 Å². The second-order valence-electron chi connectivity index (χ2n) is 18.6. The van der Waals surface area contributed by atoms with E-state index in [0.717, 1.165) is 64.2 Å². The number of hydrogen-bond donors (Lipinski definition) is 3. The second-order valence-corrected chi connectivity index (χ2v) is 18.6. The van der Waals surface area contributed by atoms with Crippen LogP contribution in [0.15, 0.2) is 85.1 Å². The van der Waals surface area contributed by atoms with Crippen LogP contribution in [0.4, 0.5) is 0 Å². The molecule has 4 nitrogen and oxygen atoms in total. The minimum atomic E-state index is -0.866. The number of carbonyl (C=O) groups is 1. The minimum absolute atomic E-state index is 0.0745. The molecule has 0 saturated heterocycles. The highest BCUT2D eigenvalue weighted by Crippen LogP contribution is 2.16. The summed E-state index contributed by atoms with van der Waals surface area (Å²) < 4.78 is 0. The fourth-order valence-electron chi connectivity index (χ4n) is 8.16. The lowest BCUT2D eigenvalue weighted by Gasteiger charge is -2.19. The summed E-state index contributed by atoms with van der Waals surface area (Å²) in [5.41, 5.74) is 0. The normalized spacial score (nSPS) is 13.5. The molecule has 0 bridgehead atoms. The molecule has 0 spiro atoms. The average molecular weight is 891 g/mol. The number of hydrogen-bond acceptors (Lipinski definition) is 3. The molecule has 0 aromatic carbocycles. The molecule has 0 saturated carbocycles. The summed E-state index contributed by atoms with van der Waals surface area (Å²) in [5, 5.41) is 23.1. The van der Waals surface area contributed by atoms with Gasteiger partial charge in [-0.25, -0.2) is 0 Å². The zero-order valence-corrected chi connectivity index (χ0v) is 42.5. The van der Waals surface area contributed by atoms with Crippen LogP contribution in [0.2, 0.25) is 0 Å². The molecule has 0 fully saturated rings. The lowest BCUT2D eigenvalue weighted by Crippen LogP contribution is -2.45. The van der Waals surface area contributed by atoms with E-state index in [9.17, 15) is 15.0 Å². The highest BCUT2D eigenvalue weighted by atomic mass is 16.3. The summed E-state index contributed by atoms with van der Waals surface area (Å²) in [6.45, 7) is 4.20. The fourth-order valence-corrected chi connectivity index (χ4v) is 8.16. The maximum absolute atomic E-state index is 12.5. The smallest absolute Gasteiger partial charge is 0.220 e. The molecule has 64 heavy (non-hydrogen) atoms. The number of allylic oxidation sites excluding steroid dienone is 13. The van der Waals surface area contributed by atoms with Crippen LogP contribution >= 0.6 is 0 Å². The Morgan fingerprint density at radius 2 is 0.703 bits per heavy atom. The van der Waals surface area contributed by atoms with E-state index >= 15 is 0 Å². The van der Waals surface area contributed by atoms with E-state index in [1.807, 2.05) is 6.08 Å². The van der Waals surface area contributed by atoms with Gasteiger partial charge in [0.1, 0.15) is 0 Å². The van der Waals surface area contributed by atoms with E-state index in [1.165, 1.54) is 186 Å². The highest BCUT2D eigenvalue weighted by Gasteiger charge is 2.18. The summed E-state index contributed by atoms with van der Waals surface area (Å²) in [7, 11) is 0. The van der Waals surface area contributed by atoms with Crippen LogP contribution in [-0.4, -0.2) is 34.9 Å². The molecule has 0 aromatic rings. The lowest BCUT2D eigenvalue weighted by molar-refractivity contribution is -0.123. The summed E-state index contributed by atoms with van der Waals surface area (Å²) >= 11 is 0. The van der Waals surface area contributed by atoms with Crippen molar-refractivity contribution < 1.29 is 15.0 Å². The zero-order chi connectivity index (χ0) is 46.3. The van der Waals surface area contributed by atoms with Crippen molar-refractivity contribution in [3.8, 4) is 0 Å². The Hall–Kier alpha value is -2.43. The van der Waals surface area contributed by atoms with E-state index < -0.39 is 12.1 Å². The van der Waals surface area contributed by atoms with Gasteiger partial charge in [-0.3, -0.25) is 4.79 Å². The van der Waals surface area contributed by atoms with E-state index in [2.05, 4.69) is 92.1 Å². The van der Waals surface area contributed by atoms with Gasteiger partial charge in [0.25, 0.3) is 0 Å². The van der Waals surface area contributed by atoms with Crippen LogP contribution < -0.4 is 5.32 Å². The Labute approximate surface area is 399 Å². The van der Waals surface area contributed by atoms with Crippen molar-refractivity contribution in [1.82, 2.24) is 5.32 Å². The molecule has 3 N–H and O–H groups in total. The van der Waals surface area contributed by atoms with Crippen LogP contribution in [0.1, 0.15) is 271 Å². The van der Waals surface area contributed by atoms with Gasteiger partial charge in [0.2, 0.25) is 5.91 Å². The van der Waals surface area contributed by atoms with E-state index in [0.29, 0.717) is 6.42 Å². The first kappa shape index (κ1) is 61.6. The molecule has 0 aliphatic rings. The van der Waals surface area contributed by atoms with E-state index in [1.54, 1.807) is 6.08 Å². The molecule has 1 amide bonds. The van der Waals surface area contributed by atoms with Gasteiger partial charge in [-0.1, -0.05) is 272 Å². The van der Waals surface area contributed by atoms with Crippen molar-refractivity contribution in [2.45, 2.75) is 283 Å². The Balaban J connectivity index is 3.54. The van der Waals surface area contributed by atoms with Gasteiger partial charge in [0.15, 0.2) is 0 Å². The largest absolute Gasteiger partial charge is 0.394 e. The molecule has 0 aromatic heterocycles. The lowest BCUT2D eigenvalue weighted by atomic mass is 10.0. The highest BCUT2D eigenvalue weighted by molar-refractivity contribution is 5.76. The van der Waals surface area contributed by atoms with Gasteiger partial charge in [-0.05, 0) is 77.0 Å². The van der Waals surface area contributed by atoms with Gasteiger partial charge in [0, 0.05) is 6.42 Å². The third-order valence-corrected chi connectivity index (χ3v) is 12.4. The zero-order valence-electron chi connectivity index (χ0n) is 42.5. The van der Waals surface area contributed by atoms with Crippen molar-refractivity contribution in [1.29, 1.82) is 0 Å². The first-order valence-corrected chi connectivity index (χ1v) is 27.8. The summed E-state index contributed by atoms with van der Waals surface area (Å²) in [4.78, 5) is 12.5. The number of nitrogens with one attached hydrogen (secondary N) is 1. The number of unbranched alkanes of at least 4 members (excludes halogenated alkanes) is 31. The van der Waals surface area contributed by atoms with Crippen LogP contribution in [0.3, 0.4) is 0 Å². The monoisotopic (exact) mass is 890 g/mol. The molecule has 0 rings (SSSR count). The van der Waals surface area contributed by atoms with Crippen LogP contribution in [0.5, 0.6) is 0 Å². The molecule has 0 radical (unpaired) electrons. The SMILES string of the molecule is CC/C=C\C/C=C\C/C=C\C/C=C\C/C=C\CCCCCCCCCCCCCCCCCC(=O)NC(CO)C(O)/C=C/CC/C=C/CCCCCCCCCCCCCCCCC. The van der Waals surface area contributed by atoms with Crippen molar-refractivity contribution in [3.63, 3.8) is 0 Å². The molecule has 2 atom stereocenters. The van der Waals surface area contributed by atoms with Crippen molar-refractivity contribution in [2.24, 2.45) is 0 Å². The first-order valence-electron chi connectivity index (χ1n) is 27.8. The Kier molecular flexibility index (Phi) is 52.8. The Morgan fingerprint density at radius 1 is 0.391 bits per heavy atom. The molecule has 0 heterocycles. The topological polar surface area (TPSA) is 69.6 Å². The van der Waals surface area contributed by atoms with Crippen molar-refractivity contribution in [3.05, 3.63) is 85.1 Å². The second kappa shape index (κ2) is 54.9. The molecular formula is C60H107NO3. The number of aliphatic hydroxyl groups excluding tert-OH is 2. The summed E-state index contributed by atoms with van der Waals surface area (Å²) in [5.74, 6) is -0.0745. The number of carbonyl (C=O) groups excluding carboxylic acids is 1. The molecule has 0 aliphatic heterocycles. The maximum Gasteiger partial charge on any atom is 0.220 e. The average Bonchev–Trinajstić information content (AvgIpc) is 3.30. The summed E-state index contributed by atoms with van der Waals surface area (Å²) in [6, 6.07) is -0.643. The van der Waals surface area contributed by atoms with E-state index in [-0.39, 0.29) is 12.5 Å². The van der Waals surface area contributed by atoms with Crippen LogP contribution in [0.25, 0.3) is 0 Å². The standard InChI is InChI=1S/C60H107NO3/c1-3-5-7-9-11-13-15-17-19-21-23-25-26-27-28-29-30-31-32-33-34-36-38-40-42-44-46-48-50-52-54-56-60(64)61-58(57-62)59(63)55-53-51-49-47-45-43-41-39-37-35-24-22-20-18-16-14-12-10-8-6-4-2/h5,7,11,13,17,19,23,25,27-28,45,47,53,55,58-59,62-63H,3-4,6,8-10,12,14-16,18,20-22,24,26,29-44,46,48-52,54,56-57H2,1-2H3,(H,61,64)/b7-5-,13-11-,19-17-,25-23-,28-27-,47-45+,55-53+. The van der Waals surface area contributed by atoms with Crippen LogP contribution in [0, 0.1) is 0 Å². The third-order valence-electron chi connectivity index (χ3n) is 12.4. The van der Waals surface area contributed by atoms with Crippen LogP contribution in [-0.2, 0) is 4.79 Å². The molecular weight excluding hydrogens is 783 g/mol. The van der Waals surface area contributed by atoms with Gasteiger partial charge in [-0.2, -0.15) is 0 Å². The molecule has 0 aliphatic carbocycles. The van der Waals surface area contributed by atoms with Gasteiger partial charge < -0.3 is 15.5 Å². The fraction of sp³-hybridized carbons (Fsp3) is 0.750. The van der Waals surface area contributed by atoms with Gasteiger partial charge >= 0.3 is 0 Å². The summed E-state index contributed by atoms with van der Waals surface area (Å²) in [6.07, 6.45) is 80.2. The molecule has 2 unspecified atom stereocenters. The van der Waals surface area contributed by atoms with E-state index in [4.69, 9.17) is 0 Å². The first-order chi connectivity index (χ1) is 31.7. The Bertz CT molecular complexity index is 1150. The quantitative estimate of drug-likeness (QED) is 0.0421. The number of rotatable bonds is 50. The molecule has 370 valence electrons.